The van der Waals surface area contributed by atoms with Gasteiger partial charge in [0.2, 0.25) is 11.8 Å². The normalized spacial score (nSPS) is 33.5. The molecule has 0 aromatic heterocycles. The predicted molar refractivity (Wildman–Crippen MR) is 71.7 cm³/mol. The number of rotatable bonds is 1. The summed E-state index contributed by atoms with van der Waals surface area (Å²) in [4.78, 5) is 38.2. The summed E-state index contributed by atoms with van der Waals surface area (Å²) in [7, 11) is 0. The van der Waals surface area contributed by atoms with Crippen LogP contribution in [0, 0.1) is 35.3 Å². The summed E-state index contributed by atoms with van der Waals surface area (Å²) < 4.78 is 26.5. The fourth-order valence-corrected chi connectivity index (χ4v) is 4.26. The summed E-state index contributed by atoms with van der Waals surface area (Å²) in [6.07, 6.45) is 1.74. The van der Waals surface area contributed by atoms with Gasteiger partial charge >= 0.3 is 0 Å². The van der Waals surface area contributed by atoms with Crippen LogP contribution in [0.15, 0.2) is 18.2 Å². The van der Waals surface area contributed by atoms with Crippen molar-refractivity contribution in [3.8, 4) is 0 Å². The van der Waals surface area contributed by atoms with Crippen molar-refractivity contribution < 1.29 is 23.2 Å². The molecular formula is C16H13F2NO3. The van der Waals surface area contributed by atoms with Gasteiger partial charge in [-0.25, -0.2) is 13.7 Å². The molecule has 3 saturated carbocycles. The lowest BCUT2D eigenvalue weighted by Gasteiger charge is -2.41. The number of hydrogen-bond acceptors (Lipinski definition) is 3. The SMILES string of the molecule is O=C1C[C@H]2CC[C@@H]1[C@H]1C(=O)N(c3ccc(F)c(F)c3)C(=O)[C@@H]21. The molecule has 0 spiro atoms. The van der Waals surface area contributed by atoms with Crippen molar-refractivity contribution in [2.45, 2.75) is 19.3 Å². The molecule has 1 aromatic rings. The maximum Gasteiger partial charge on any atom is 0.238 e. The highest BCUT2D eigenvalue weighted by atomic mass is 19.2. The van der Waals surface area contributed by atoms with E-state index in [9.17, 15) is 23.2 Å². The van der Waals surface area contributed by atoms with E-state index < -0.39 is 35.3 Å². The molecule has 4 aliphatic rings. The van der Waals surface area contributed by atoms with E-state index in [2.05, 4.69) is 0 Å². The Morgan fingerprint density at radius 2 is 1.68 bits per heavy atom. The van der Waals surface area contributed by atoms with E-state index in [4.69, 9.17) is 0 Å². The highest BCUT2D eigenvalue weighted by Gasteiger charge is 2.60. The number of nitrogens with zero attached hydrogens (tertiary/aromatic N) is 1. The van der Waals surface area contributed by atoms with Crippen molar-refractivity contribution in [2.24, 2.45) is 23.7 Å². The zero-order valence-corrected chi connectivity index (χ0v) is 11.6. The molecule has 4 fully saturated rings. The number of amides is 2. The number of carbonyl (C=O) groups excluding carboxylic acids is 3. The second-order valence-electron chi connectivity index (χ2n) is 6.28. The summed E-state index contributed by atoms with van der Waals surface area (Å²) in [5.74, 6) is -4.55. The smallest absolute Gasteiger partial charge is 0.238 e. The van der Waals surface area contributed by atoms with Crippen LogP contribution in [-0.2, 0) is 14.4 Å². The maximum atomic E-state index is 13.4. The first-order chi connectivity index (χ1) is 10.5. The van der Waals surface area contributed by atoms with Crippen LogP contribution in [0.4, 0.5) is 14.5 Å². The monoisotopic (exact) mass is 305 g/mol. The van der Waals surface area contributed by atoms with Crippen molar-refractivity contribution in [1.29, 1.82) is 0 Å². The quantitative estimate of drug-likeness (QED) is 0.746. The zero-order valence-electron chi connectivity index (χ0n) is 11.6. The molecule has 1 aliphatic heterocycles. The minimum atomic E-state index is -1.10. The number of hydrogen-bond donors (Lipinski definition) is 0. The second kappa shape index (κ2) is 4.44. The maximum absolute atomic E-state index is 13.4. The number of imide groups is 1. The van der Waals surface area contributed by atoms with Gasteiger partial charge in [0, 0.05) is 18.4 Å². The summed E-state index contributed by atoms with van der Waals surface area (Å²) in [5, 5.41) is 0. The number of fused-ring (bicyclic) bond motifs is 2. The Morgan fingerprint density at radius 1 is 0.955 bits per heavy atom. The molecule has 22 heavy (non-hydrogen) atoms. The molecule has 0 unspecified atom stereocenters. The van der Waals surface area contributed by atoms with Gasteiger partial charge in [-0.2, -0.15) is 0 Å². The van der Waals surface area contributed by atoms with Gasteiger partial charge in [-0.1, -0.05) is 0 Å². The molecule has 114 valence electrons. The third kappa shape index (κ3) is 1.63. The predicted octanol–water partition coefficient (Wildman–Crippen LogP) is 2.07. The molecule has 2 bridgehead atoms. The van der Waals surface area contributed by atoms with Gasteiger partial charge in [0.05, 0.1) is 17.5 Å². The fourth-order valence-electron chi connectivity index (χ4n) is 4.26. The number of anilines is 1. The highest BCUT2D eigenvalue weighted by Crippen LogP contribution is 2.52. The molecule has 0 radical (unpaired) electrons. The van der Waals surface area contributed by atoms with Gasteiger partial charge < -0.3 is 0 Å². The van der Waals surface area contributed by atoms with Crippen LogP contribution in [0.3, 0.4) is 0 Å². The Balaban J connectivity index is 1.77. The lowest BCUT2D eigenvalue weighted by Crippen LogP contribution is -2.46. The van der Waals surface area contributed by atoms with E-state index in [0.717, 1.165) is 23.5 Å². The number of Topliss-reactive ketones (excluding diaryl/α,β-unsaturated/α-hetero) is 1. The minimum absolute atomic E-state index is 0.0372. The molecular weight excluding hydrogens is 292 g/mol. The molecule has 1 heterocycles. The van der Waals surface area contributed by atoms with Crippen molar-refractivity contribution in [2.75, 3.05) is 4.90 Å². The van der Waals surface area contributed by atoms with Crippen molar-refractivity contribution in [3.05, 3.63) is 29.8 Å². The van der Waals surface area contributed by atoms with Crippen molar-refractivity contribution in [1.82, 2.24) is 0 Å². The molecule has 5 rings (SSSR count). The van der Waals surface area contributed by atoms with Gasteiger partial charge in [0.25, 0.3) is 0 Å². The fraction of sp³-hybridized carbons (Fsp3) is 0.438. The molecule has 4 nitrogen and oxygen atoms in total. The third-order valence-corrected chi connectivity index (χ3v) is 5.23. The second-order valence-corrected chi connectivity index (χ2v) is 6.28. The van der Waals surface area contributed by atoms with E-state index in [1.165, 1.54) is 6.07 Å². The van der Waals surface area contributed by atoms with Crippen LogP contribution in [0.1, 0.15) is 19.3 Å². The van der Waals surface area contributed by atoms with E-state index in [1.54, 1.807) is 0 Å². The van der Waals surface area contributed by atoms with Crippen LogP contribution < -0.4 is 4.90 Å². The first-order valence-corrected chi connectivity index (χ1v) is 7.34. The van der Waals surface area contributed by atoms with Crippen LogP contribution in [0.5, 0.6) is 0 Å². The average Bonchev–Trinajstić information content (AvgIpc) is 2.76. The van der Waals surface area contributed by atoms with Gasteiger partial charge in [-0.15, -0.1) is 0 Å². The number of carbonyl (C=O) groups is 3. The summed E-state index contributed by atoms with van der Waals surface area (Å²) >= 11 is 0. The molecule has 1 saturated heterocycles. The molecule has 1 aromatic carbocycles. The summed E-state index contributed by atoms with van der Waals surface area (Å²) in [5.41, 5.74) is 0.0372. The third-order valence-electron chi connectivity index (χ3n) is 5.23. The van der Waals surface area contributed by atoms with Crippen molar-refractivity contribution >= 4 is 23.3 Å². The largest absolute Gasteiger partial charge is 0.299 e. The van der Waals surface area contributed by atoms with Crippen molar-refractivity contribution in [3.63, 3.8) is 0 Å². The molecule has 6 heteroatoms. The number of halogens is 2. The summed E-state index contributed by atoms with van der Waals surface area (Å²) in [6, 6.07) is 2.97. The highest BCUT2D eigenvalue weighted by molar-refractivity contribution is 6.23. The molecule has 4 atom stereocenters. The van der Waals surface area contributed by atoms with E-state index in [0.29, 0.717) is 12.8 Å². The van der Waals surface area contributed by atoms with Crippen LogP contribution >= 0.6 is 0 Å². The van der Waals surface area contributed by atoms with E-state index >= 15 is 0 Å². The van der Waals surface area contributed by atoms with E-state index in [-0.39, 0.29) is 23.3 Å². The average molecular weight is 305 g/mol. The zero-order chi connectivity index (χ0) is 15.6. The van der Waals surface area contributed by atoms with Crippen LogP contribution in [-0.4, -0.2) is 17.6 Å². The van der Waals surface area contributed by atoms with Gasteiger partial charge in [0.15, 0.2) is 11.6 Å². The Bertz CT molecular complexity index is 717. The Kier molecular flexibility index (Phi) is 2.74. The lowest BCUT2D eigenvalue weighted by atomic mass is 9.59. The Labute approximate surface area is 125 Å². The van der Waals surface area contributed by atoms with Crippen LogP contribution in [0.2, 0.25) is 0 Å². The summed E-state index contributed by atoms with van der Waals surface area (Å²) in [6.45, 7) is 0. The topological polar surface area (TPSA) is 54.5 Å². The lowest BCUT2D eigenvalue weighted by molar-refractivity contribution is -0.143. The minimum Gasteiger partial charge on any atom is -0.299 e. The molecule has 0 N–H and O–H groups in total. The molecule has 3 aliphatic carbocycles. The van der Waals surface area contributed by atoms with Gasteiger partial charge in [-0.05, 0) is 30.9 Å². The molecule has 2 amide bonds. The standard InChI is InChI=1S/C16H13F2NO3/c17-10-4-2-8(6-11(10)18)19-15(21)13-7-1-3-9(12(20)5-7)14(13)16(19)22/h2,4,6-7,9,13-14H,1,3,5H2/t7-,9+,13+,14-/m1/s1. The Hall–Kier alpha value is -2.11. The van der Waals surface area contributed by atoms with E-state index in [1.807, 2.05) is 0 Å². The van der Waals surface area contributed by atoms with Gasteiger partial charge in [0.1, 0.15) is 5.78 Å². The Morgan fingerprint density at radius 3 is 2.36 bits per heavy atom. The van der Waals surface area contributed by atoms with Gasteiger partial charge in [-0.3, -0.25) is 14.4 Å². The number of benzene rings is 1. The first kappa shape index (κ1) is 13.5. The number of ketones is 1. The van der Waals surface area contributed by atoms with Crippen LogP contribution in [0.25, 0.3) is 0 Å². The first-order valence-electron chi connectivity index (χ1n) is 7.34.